The van der Waals surface area contributed by atoms with E-state index in [2.05, 4.69) is 209 Å². The third-order valence-electron chi connectivity index (χ3n) is 13.1. The molecule has 0 aliphatic carbocycles. The van der Waals surface area contributed by atoms with Gasteiger partial charge < -0.3 is 8.98 Å². The molecule has 0 bridgehead atoms. The molecule has 0 unspecified atom stereocenters. The van der Waals surface area contributed by atoms with Crippen LogP contribution in [0.4, 0.5) is 0 Å². The van der Waals surface area contributed by atoms with Crippen molar-refractivity contribution < 1.29 is 4.42 Å². The van der Waals surface area contributed by atoms with Crippen LogP contribution in [0, 0.1) is 0 Å². The molecule has 0 saturated carbocycles. The first kappa shape index (κ1) is 34.2. The van der Waals surface area contributed by atoms with E-state index in [1.165, 1.54) is 26.9 Å². The molecule has 0 amide bonds. The first-order valence-electron chi connectivity index (χ1n) is 21.4. The lowest BCUT2D eigenvalue weighted by atomic mass is 10.0. The second-order valence-corrected chi connectivity index (χ2v) is 16.5. The van der Waals surface area contributed by atoms with E-state index in [0.29, 0.717) is 5.95 Å². The van der Waals surface area contributed by atoms with Crippen LogP contribution in [0.25, 0.3) is 132 Å². The molecule has 14 rings (SSSR count). The molecule has 0 N–H and O–H groups in total. The fraction of sp³-hybridized carbons (Fsp3) is 0. The Morgan fingerprint density at radius 3 is 1.84 bits per heavy atom. The second-order valence-electron chi connectivity index (χ2n) is 16.5. The lowest BCUT2D eigenvalue weighted by Gasteiger charge is -2.14. The third kappa shape index (κ3) is 4.93. The summed E-state index contributed by atoms with van der Waals surface area (Å²) in [5.41, 5.74) is 12.2. The highest BCUT2D eigenvalue weighted by atomic mass is 16.3. The van der Waals surface area contributed by atoms with E-state index in [1.807, 2.05) is 6.07 Å². The molecule has 0 aliphatic rings. The Kier molecular flexibility index (Phi) is 7.05. The van der Waals surface area contributed by atoms with Crippen molar-refractivity contribution in [2.75, 3.05) is 0 Å². The quantitative estimate of drug-likeness (QED) is 0.167. The Balaban J connectivity index is 1.15. The highest BCUT2D eigenvalue weighted by molar-refractivity contribution is 6.25. The number of benzene rings is 10. The summed E-state index contributed by atoms with van der Waals surface area (Å²) in [5.74, 6) is 0.632. The molecule has 292 valence electrons. The van der Waals surface area contributed by atoms with Gasteiger partial charge in [-0.15, -0.1) is 0 Å². The molecule has 0 saturated heterocycles. The standard InChI is InChI=1S/C58H34N4O/c1-3-15-35(16-4-1)45-31-39(32-47-43-24-12-14-26-53(43)63-57(45)47)61-49-25-13-11-23-42(49)46-33-48-52(34-51(46)61)62(50-30-28-36-17-7-9-21-40(36)54(48)50)58-59-55(38-19-5-2-6-20-38)44-29-27-37-18-8-10-22-41(37)56(44)60-58/h1-34H. The molecule has 0 fully saturated rings. The zero-order valence-corrected chi connectivity index (χ0v) is 33.8. The molecular weight excluding hydrogens is 769 g/mol. The van der Waals surface area contributed by atoms with Crippen LogP contribution in [0.5, 0.6) is 0 Å². The first-order valence-corrected chi connectivity index (χ1v) is 21.4. The molecule has 4 aromatic heterocycles. The number of rotatable bonds is 4. The van der Waals surface area contributed by atoms with E-state index >= 15 is 0 Å². The minimum absolute atomic E-state index is 0.632. The zero-order valence-electron chi connectivity index (χ0n) is 33.8. The summed E-state index contributed by atoms with van der Waals surface area (Å²) in [6, 6.07) is 73.7. The minimum Gasteiger partial charge on any atom is -0.455 e. The molecule has 4 heterocycles. The fourth-order valence-corrected chi connectivity index (χ4v) is 10.3. The predicted molar refractivity (Wildman–Crippen MR) is 261 cm³/mol. The summed E-state index contributed by atoms with van der Waals surface area (Å²) in [6.45, 7) is 0. The molecule has 0 spiro atoms. The van der Waals surface area contributed by atoms with E-state index < -0.39 is 0 Å². The van der Waals surface area contributed by atoms with Gasteiger partial charge in [0, 0.05) is 59.9 Å². The van der Waals surface area contributed by atoms with E-state index in [9.17, 15) is 0 Å². The summed E-state index contributed by atoms with van der Waals surface area (Å²) in [7, 11) is 0. The summed E-state index contributed by atoms with van der Waals surface area (Å²) in [6.07, 6.45) is 0. The van der Waals surface area contributed by atoms with Gasteiger partial charge in [0.15, 0.2) is 0 Å². The summed E-state index contributed by atoms with van der Waals surface area (Å²) in [4.78, 5) is 11.1. The van der Waals surface area contributed by atoms with Crippen LogP contribution in [0.2, 0.25) is 0 Å². The highest BCUT2D eigenvalue weighted by Gasteiger charge is 2.24. The average Bonchev–Trinajstić information content (AvgIpc) is 4.00. The smallest absolute Gasteiger partial charge is 0.235 e. The van der Waals surface area contributed by atoms with Gasteiger partial charge in [-0.3, -0.25) is 4.57 Å². The van der Waals surface area contributed by atoms with E-state index in [-0.39, 0.29) is 0 Å². The maximum absolute atomic E-state index is 6.65. The number of nitrogens with zero attached hydrogens (tertiary/aromatic N) is 4. The van der Waals surface area contributed by atoms with Crippen molar-refractivity contribution in [2.24, 2.45) is 0 Å². The summed E-state index contributed by atoms with van der Waals surface area (Å²) in [5, 5.41) is 12.5. The van der Waals surface area contributed by atoms with Crippen molar-refractivity contribution >= 4 is 98.0 Å². The predicted octanol–water partition coefficient (Wildman–Crippen LogP) is 15.4. The molecule has 5 heteroatoms. The van der Waals surface area contributed by atoms with E-state index in [4.69, 9.17) is 14.4 Å². The molecule has 0 radical (unpaired) electrons. The van der Waals surface area contributed by atoms with Gasteiger partial charge in [-0.1, -0.05) is 158 Å². The highest BCUT2D eigenvalue weighted by Crippen LogP contribution is 2.44. The number of fused-ring (bicyclic) bond motifs is 14. The van der Waals surface area contributed by atoms with Gasteiger partial charge in [0.25, 0.3) is 0 Å². The van der Waals surface area contributed by atoms with Gasteiger partial charge in [-0.25, -0.2) is 9.97 Å². The SMILES string of the molecule is c1ccc(-c2nc(-n3c4cc5c(cc4c4c6ccccc6ccc43)c3ccccc3n5-c3cc(-c4ccccc4)c4oc5ccccc5c4c3)nc3c2ccc2ccccc23)cc1. The number of aromatic nitrogens is 4. The van der Waals surface area contributed by atoms with Gasteiger partial charge in [0.05, 0.1) is 33.3 Å². The Morgan fingerprint density at radius 1 is 0.365 bits per heavy atom. The lowest BCUT2D eigenvalue weighted by Crippen LogP contribution is -2.04. The third-order valence-corrected chi connectivity index (χ3v) is 13.1. The Morgan fingerprint density at radius 2 is 1.02 bits per heavy atom. The van der Waals surface area contributed by atoms with Crippen molar-refractivity contribution in [2.45, 2.75) is 0 Å². The van der Waals surface area contributed by atoms with Crippen molar-refractivity contribution in [3.8, 4) is 34.0 Å². The number of hydrogen-bond acceptors (Lipinski definition) is 3. The van der Waals surface area contributed by atoms with Crippen LogP contribution < -0.4 is 0 Å². The lowest BCUT2D eigenvalue weighted by molar-refractivity contribution is 0.670. The fourth-order valence-electron chi connectivity index (χ4n) is 10.3. The Hall–Kier alpha value is -8.54. The van der Waals surface area contributed by atoms with Crippen molar-refractivity contribution in [1.29, 1.82) is 0 Å². The number of para-hydroxylation sites is 2. The van der Waals surface area contributed by atoms with Crippen LogP contribution in [-0.2, 0) is 0 Å². The summed E-state index contributed by atoms with van der Waals surface area (Å²) < 4.78 is 11.4. The van der Waals surface area contributed by atoms with Crippen molar-refractivity contribution in [3.05, 3.63) is 206 Å². The van der Waals surface area contributed by atoms with Crippen LogP contribution in [0.3, 0.4) is 0 Å². The summed E-state index contributed by atoms with van der Waals surface area (Å²) >= 11 is 0. The maximum Gasteiger partial charge on any atom is 0.235 e. The molecule has 0 aliphatic heterocycles. The monoisotopic (exact) mass is 802 g/mol. The number of furan rings is 1. The first-order chi connectivity index (χ1) is 31.2. The van der Waals surface area contributed by atoms with Gasteiger partial charge in [0.2, 0.25) is 5.95 Å². The van der Waals surface area contributed by atoms with Gasteiger partial charge in [-0.05, 0) is 70.3 Å². The van der Waals surface area contributed by atoms with Gasteiger partial charge in [0.1, 0.15) is 11.2 Å². The van der Waals surface area contributed by atoms with Crippen LogP contribution in [0.15, 0.2) is 211 Å². The van der Waals surface area contributed by atoms with Crippen molar-refractivity contribution in [3.63, 3.8) is 0 Å². The Labute approximate surface area is 360 Å². The molecule has 0 atom stereocenters. The van der Waals surface area contributed by atoms with Crippen LogP contribution >= 0.6 is 0 Å². The van der Waals surface area contributed by atoms with Crippen LogP contribution in [-0.4, -0.2) is 19.1 Å². The normalized spacial score (nSPS) is 12.1. The number of hydrogen-bond donors (Lipinski definition) is 0. The van der Waals surface area contributed by atoms with E-state index in [1.54, 1.807) is 0 Å². The van der Waals surface area contributed by atoms with Crippen LogP contribution in [0.1, 0.15) is 0 Å². The topological polar surface area (TPSA) is 48.8 Å². The minimum atomic E-state index is 0.632. The molecule has 63 heavy (non-hydrogen) atoms. The molecule has 10 aromatic carbocycles. The maximum atomic E-state index is 6.65. The van der Waals surface area contributed by atoms with E-state index in [0.717, 1.165) is 99.1 Å². The Bertz CT molecular complexity index is 4200. The molecule has 5 nitrogen and oxygen atoms in total. The molecular formula is C58H34N4O. The zero-order chi connectivity index (χ0) is 41.2. The molecule has 14 aromatic rings. The van der Waals surface area contributed by atoms with Crippen molar-refractivity contribution in [1.82, 2.24) is 19.1 Å². The van der Waals surface area contributed by atoms with Gasteiger partial charge >= 0.3 is 0 Å². The van der Waals surface area contributed by atoms with Gasteiger partial charge in [-0.2, -0.15) is 0 Å². The largest absolute Gasteiger partial charge is 0.455 e. The second kappa shape index (κ2) is 13.0. The average molecular weight is 803 g/mol.